The van der Waals surface area contributed by atoms with Crippen LogP contribution in [0.15, 0.2) is 58.1 Å². The van der Waals surface area contributed by atoms with Gasteiger partial charge in [-0.15, -0.1) is 0 Å². The van der Waals surface area contributed by atoms with Crippen LogP contribution in [-0.2, 0) is 18.3 Å². The van der Waals surface area contributed by atoms with Gasteiger partial charge in [0.25, 0.3) is 5.56 Å². The van der Waals surface area contributed by atoms with Crippen molar-refractivity contribution in [3.8, 4) is 22.9 Å². The summed E-state index contributed by atoms with van der Waals surface area (Å²) in [5.41, 5.74) is 4.60. The van der Waals surface area contributed by atoms with Gasteiger partial charge in [0, 0.05) is 25.8 Å². The van der Waals surface area contributed by atoms with Crippen LogP contribution < -0.4 is 20.7 Å². The Morgan fingerprint density at radius 1 is 0.974 bits per heavy atom. The summed E-state index contributed by atoms with van der Waals surface area (Å²) in [6.07, 6.45) is 0. The molecule has 0 aliphatic rings. The molecule has 5 aromatic rings. The minimum absolute atomic E-state index is 0.203. The molecule has 38 heavy (non-hydrogen) atoms. The lowest BCUT2D eigenvalue weighted by Crippen LogP contribution is -2.22. The molecule has 0 unspecified atom stereocenters. The third-order valence-corrected chi connectivity index (χ3v) is 6.72. The highest BCUT2D eigenvalue weighted by Gasteiger charge is 2.22. The summed E-state index contributed by atoms with van der Waals surface area (Å²) in [7, 11) is 4.84. The first-order valence-electron chi connectivity index (χ1n) is 12.3. The van der Waals surface area contributed by atoms with Gasteiger partial charge in [0.1, 0.15) is 34.8 Å². The van der Waals surface area contributed by atoms with E-state index in [-0.39, 0.29) is 11.2 Å². The van der Waals surface area contributed by atoms with Gasteiger partial charge in [-0.1, -0.05) is 30.3 Å². The first-order valence-corrected chi connectivity index (χ1v) is 12.3. The molecule has 0 amide bonds. The number of ether oxygens (including phenoxy) is 3. The molecule has 1 N–H and O–H groups in total. The SMILES string of the molecule is COCCOc1c(C)cc(-c2nc3c(c(OC)cc4c3n(Cc3ccccc3)c(=O)n4C)c(=O)[nH]2)cc1C. The van der Waals surface area contributed by atoms with Crippen molar-refractivity contribution in [1.82, 2.24) is 19.1 Å². The van der Waals surface area contributed by atoms with E-state index in [9.17, 15) is 9.59 Å². The van der Waals surface area contributed by atoms with Crippen molar-refractivity contribution in [3.05, 3.63) is 86.1 Å². The highest BCUT2D eigenvalue weighted by Crippen LogP contribution is 2.33. The Kier molecular flexibility index (Phi) is 6.77. The highest BCUT2D eigenvalue weighted by molar-refractivity contribution is 6.05. The molecular weight excluding hydrogens is 484 g/mol. The third-order valence-electron chi connectivity index (χ3n) is 6.72. The number of fused-ring (bicyclic) bond motifs is 3. The van der Waals surface area contributed by atoms with E-state index >= 15 is 0 Å². The van der Waals surface area contributed by atoms with Crippen molar-refractivity contribution in [3.63, 3.8) is 0 Å². The van der Waals surface area contributed by atoms with Gasteiger partial charge in [-0.25, -0.2) is 9.78 Å². The zero-order valence-corrected chi connectivity index (χ0v) is 22.1. The van der Waals surface area contributed by atoms with Gasteiger partial charge < -0.3 is 19.2 Å². The monoisotopic (exact) mass is 514 g/mol. The van der Waals surface area contributed by atoms with Crippen LogP contribution in [0, 0.1) is 13.8 Å². The van der Waals surface area contributed by atoms with Crippen LogP contribution in [0.1, 0.15) is 16.7 Å². The zero-order chi connectivity index (χ0) is 27.0. The van der Waals surface area contributed by atoms with E-state index in [1.165, 1.54) is 7.11 Å². The largest absolute Gasteiger partial charge is 0.496 e. The van der Waals surface area contributed by atoms with Crippen LogP contribution in [0.2, 0.25) is 0 Å². The molecular formula is C29H30N4O5. The Balaban J connectivity index is 1.76. The Morgan fingerprint density at radius 2 is 1.68 bits per heavy atom. The van der Waals surface area contributed by atoms with E-state index in [1.54, 1.807) is 29.4 Å². The number of imidazole rings is 1. The molecule has 9 heteroatoms. The molecule has 9 nitrogen and oxygen atoms in total. The number of rotatable bonds is 8. The molecule has 0 radical (unpaired) electrons. The van der Waals surface area contributed by atoms with Gasteiger partial charge in [-0.2, -0.15) is 0 Å². The van der Waals surface area contributed by atoms with Gasteiger partial charge >= 0.3 is 5.69 Å². The molecule has 196 valence electrons. The van der Waals surface area contributed by atoms with Crippen molar-refractivity contribution in [1.29, 1.82) is 0 Å². The summed E-state index contributed by atoms with van der Waals surface area (Å²) in [5.74, 6) is 1.53. The second-order valence-corrected chi connectivity index (χ2v) is 9.28. The summed E-state index contributed by atoms with van der Waals surface area (Å²) in [5, 5.41) is 0.295. The Morgan fingerprint density at radius 3 is 2.34 bits per heavy atom. The average molecular weight is 515 g/mol. The van der Waals surface area contributed by atoms with Crippen molar-refractivity contribution in [2.45, 2.75) is 20.4 Å². The number of nitrogens with zero attached hydrogens (tertiary/aromatic N) is 3. The smallest absolute Gasteiger partial charge is 0.329 e. The summed E-state index contributed by atoms with van der Waals surface area (Å²) in [6, 6.07) is 15.3. The minimum atomic E-state index is -0.345. The predicted molar refractivity (Wildman–Crippen MR) is 147 cm³/mol. The number of nitrogens with one attached hydrogen (secondary N) is 1. The van der Waals surface area contributed by atoms with Crippen molar-refractivity contribution >= 4 is 21.9 Å². The molecule has 2 aromatic heterocycles. The van der Waals surface area contributed by atoms with Gasteiger partial charge in [0.05, 0.1) is 31.3 Å². The maximum absolute atomic E-state index is 13.5. The Hall–Kier alpha value is -4.37. The number of hydrogen-bond acceptors (Lipinski definition) is 6. The van der Waals surface area contributed by atoms with Gasteiger partial charge in [0.15, 0.2) is 0 Å². The van der Waals surface area contributed by atoms with Crippen LogP contribution in [0.25, 0.3) is 33.3 Å². The topological polar surface area (TPSA) is 100 Å². The van der Waals surface area contributed by atoms with Crippen LogP contribution in [0.4, 0.5) is 0 Å². The first kappa shape index (κ1) is 25.3. The van der Waals surface area contributed by atoms with Gasteiger partial charge in [-0.3, -0.25) is 13.9 Å². The Bertz CT molecular complexity index is 1740. The maximum atomic E-state index is 13.5. The molecule has 0 bridgehead atoms. The summed E-state index contributed by atoms with van der Waals surface area (Å²) in [6.45, 7) is 5.17. The Labute approximate surface area is 219 Å². The summed E-state index contributed by atoms with van der Waals surface area (Å²) < 4.78 is 19.8. The fourth-order valence-corrected chi connectivity index (χ4v) is 4.91. The first-order chi connectivity index (χ1) is 18.3. The normalized spacial score (nSPS) is 11.4. The highest BCUT2D eigenvalue weighted by atomic mass is 16.5. The zero-order valence-electron chi connectivity index (χ0n) is 22.1. The van der Waals surface area contributed by atoms with E-state index in [4.69, 9.17) is 19.2 Å². The number of H-pyrrole nitrogens is 1. The quantitative estimate of drug-likeness (QED) is 0.315. The fraction of sp³-hybridized carbons (Fsp3) is 0.276. The van der Waals surface area contributed by atoms with Crippen LogP contribution in [-0.4, -0.2) is 46.5 Å². The number of hydrogen-bond donors (Lipinski definition) is 1. The van der Waals surface area contributed by atoms with Crippen LogP contribution >= 0.6 is 0 Å². The van der Waals surface area contributed by atoms with Crippen LogP contribution in [0.3, 0.4) is 0 Å². The molecule has 2 heterocycles. The average Bonchev–Trinajstić information content (AvgIpc) is 3.14. The molecule has 0 atom stereocenters. The number of aryl methyl sites for hydroxylation is 3. The molecule has 3 aromatic carbocycles. The van der Waals surface area contributed by atoms with Crippen molar-refractivity contribution in [2.75, 3.05) is 27.4 Å². The van der Waals surface area contributed by atoms with E-state index in [2.05, 4.69) is 4.98 Å². The number of aromatic amines is 1. The molecule has 0 spiro atoms. The van der Waals surface area contributed by atoms with Crippen LogP contribution in [0.5, 0.6) is 11.5 Å². The predicted octanol–water partition coefficient (Wildman–Crippen LogP) is 3.94. The number of benzene rings is 3. The maximum Gasteiger partial charge on any atom is 0.329 e. The lowest BCUT2D eigenvalue weighted by atomic mass is 10.0. The second kappa shape index (κ2) is 10.2. The molecule has 0 saturated carbocycles. The number of methoxy groups -OCH3 is 2. The van der Waals surface area contributed by atoms with E-state index < -0.39 is 0 Å². The lowest BCUT2D eigenvalue weighted by molar-refractivity contribution is 0.145. The van der Waals surface area contributed by atoms with Crippen molar-refractivity contribution in [2.24, 2.45) is 7.05 Å². The second-order valence-electron chi connectivity index (χ2n) is 9.28. The van der Waals surface area contributed by atoms with E-state index in [1.807, 2.05) is 56.3 Å². The van der Waals surface area contributed by atoms with Crippen molar-refractivity contribution < 1.29 is 14.2 Å². The van der Waals surface area contributed by atoms with Gasteiger partial charge in [-0.05, 0) is 42.7 Å². The van der Waals surface area contributed by atoms with Gasteiger partial charge in [0.2, 0.25) is 0 Å². The number of aromatic nitrogens is 4. The summed E-state index contributed by atoms with van der Waals surface area (Å²) in [4.78, 5) is 34.7. The minimum Gasteiger partial charge on any atom is -0.496 e. The third kappa shape index (κ3) is 4.35. The molecule has 5 rings (SSSR count). The lowest BCUT2D eigenvalue weighted by Gasteiger charge is -2.14. The van der Waals surface area contributed by atoms with E-state index in [0.29, 0.717) is 53.3 Å². The molecule has 0 aliphatic carbocycles. The standard InChI is InChI=1S/C29H30N4O5/c1-17-13-20(14-18(2)26(17)38-12-11-36-4)27-30-24-23(28(34)31-27)22(37-5)15-21-25(24)33(29(35)32(21)3)16-19-9-7-6-8-10-19/h6-10,13-15H,11-12,16H2,1-5H3,(H,30,31,34). The molecule has 0 fully saturated rings. The molecule has 0 saturated heterocycles. The summed E-state index contributed by atoms with van der Waals surface area (Å²) >= 11 is 0. The fourth-order valence-electron chi connectivity index (χ4n) is 4.91. The molecule has 0 aliphatic heterocycles. The van der Waals surface area contributed by atoms with E-state index in [0.717, 1.165) is 28.0 Å².